The van der Waals surface area contributed by atoms with Crippen LogP contribution in [0.5, 0.6) is 11.5 Å². The minimum Gasteiger partial charge on any atom is -0.494 e. The Labute approximate surface area is 525 Å². The fraction of sp³-hybridized carbons (Fsp3) is 0.552. The minimum absolute atomic E-state index is 0.0711. The number of aliphatic carboxylic acids is 2. The number of hydrogen-bond donors (Lipinski definition) is 4. The topological polar surface area (TPSA) is 269 Å². The summed E-state index contributed by atoms with van der Waals surface area (Å²) >= 11 is 0. The van der Waals surface area contributed by atoms with E-state index in [0.717, 1.165) is 78.0 Å². The molecule has 0 spiro atoms. The van der Waals surface area contributed by atoms with E-state index in [4.69, 9.17) is 49.8 Å². The summed E-state index contributed by atoms with van der Waals surface area (Å²) in [7, 11) is 0. The number of unbranched alkanes of at least 4 members (excludes halogenated alkanes) is 4. The van der Waals surface area contributed by atoms with Crippen molar-refractivity contribution in [3.8, 4) is 11.5 Å². The normalized spacial score (nSPS) is 14.5. The first-order valence-corrected chi connectivity index (χ1v) is 31.5. The van der Waals surface area contributed by atoms with Gasteiger partial charge in [-0.2, -0.15) is 10.2 Å². The molecule has 22 nitrogen and oxygen atoms in total. The molecule has 0 bridgehead atoms. The lowest BCUT2D eigenvalue weighted by atomic mass is 9.87. The van der Waals surface area contributed by atoms with Gasteiger partial charge in [-0.25, -0.2) is 20.0 Å². The Morgan fingerprint density at radius 1 is 0.640 bits per heavy atom. The van der Waals surface area contributed by atoms with Gasteiger partial charge in [-0.15, -0.1) is 19.8 Å². The van der Waals surface area contributed by atoms with Crippen molar-refractivity contribution in [1.29, 1.82) is 0 Å². The third-order valence-electron chi connectivity index (χ3n) is 14.8. The van der Waals surface area contributed by atoms with Crippen LogP contribution in [0.15, 0.2) is 80.9 Å². The number of carboxylic acid groups (broad SMARTS) is 2. The lowest BCUT2D eigenvalue weighted by molar-refractivity contribution is -0.138. The molecule has 2 aliphatic rings. The zero-order valence-corrected chi connectivity index (χ0v) is 55.5. The number of carboxylic acids is 2. The molecule has 2 aromatic heterocycles. The van der Waals surface area contributed by atoms with E-state index in [0.29, 0.717) is 78.6 Å². The highest BCUT2D eigenvalue weighted by molar-refractivity contribution is 6.51. The molecule has 0 radical (unpaired) electrons. The van der Waals surface area contributed by atoms with Crippen LogP contribution in [0.25, 0.3) is 0 Å². The van der Waals surface area contributed by atoms with Gasteiger partial charge in [0.1, 0.15) is 22.9 Å². The average molecular weight is 1230 g/mol. The van der Waals surface area contributed by atoms with Gasteiger partial charge in [0.05, 0.1) is 35.1 Å². The van der Waals surface area contributed by atoms with Crippen LogP contribution in [-0.2, 0) is 24.6 Å². The molecule has 22 heteroatoms. The Balaban J connectivity index is 0.000000300. The monoisotopic (exact) mass is 1220 g/mol. The minimum atomic E-state index is -0.838. The predicted molar refractivity (Wildman–Crippen MR) is 354 cm³/mol. The molecule has 0 aliphatic carbocycles. The number of aryl methyl sites for hydroxylation is 1. The van der Waals surface area contributed by atoms with Crippen molar-refractivity contribution in [1.82, 2.24) is 35.1 Å². The Bertz CT molecular complexity index is 3370. The van der Waals surface area contributed by atoms with E-state index < -0.39 is 23.5 Å². The summed E-state index contributed by atoms with van der Waals surface area (Å²) < 4.78 is 11.6. The second-order valence-corrected chi connectivity index (χ2v) is 26.0. The lowest BCUT2D eigenvalue weighted by Gasteiger charge is -2.25. The van der Waals surface area contributed by atoms with E-state index in [2.05, 4.69) is 111 Å². The molecule has 2 unspecified atom stereocenters. The summed E-state index contributed by atoms with van der Waals surface area (Å²) in [6.45, 7) is 36.0. The molecule has 0 fully saturated rings. The van der Waals surface area contributed by atoms with Crippen LogP contribution in [-0.4, -0.2) is 132 Å². The number of nitrogens with one attached hydrogen (secondary N) is 2. The number of hydrogen-bond acceptors (Lipinski definition) is 16. The van der Waals surface area contributed by atoms with E-state index in [1.165, 1.54) is 31.0 Å². The van der Waals surface area contributed by atoms with Gasteiger partial charge in [0.25, 0.3) is 5.91 Å². The number of rotatable bonds is 29. The molecule has 4 N–H and O–H groups in total. The summed E-state index contributed by atoms with van der Waals surface area (Å²) in [4.78, 5) is 74.5. The third-order valence-corrected chi connectivity index (χ3v) is 14.8. The fourth-order valence-corrected chi connectivity index (χ4v) is 9.72. The first kappa shape index (κ1) is 69.8. The van der Waals surface area contributed by atoms with Gasteiger partial charge < -0.3 is 40.1 Å². The Hall–Kier alpha value is -8.30. The largest absolute Gasteiger partial charge is 0.494 e. The van der Waals surface area contributed by atoms with Crippen molar-refractivity contribution in [2.75, 3.05) is 54.4 Å². The van der Waals surface area contributed by atoms with Crippen LogP contribution < -0.4 is 29.9 Å². The van der Waals surface area contributed by atoms with E-state index in [1.54, 1.807) is 23.8 Å². The number of carbonyl (C=O) groups excluding carboxylic acids is 2. The van der Waals surface area contributed by atoms with Gasteiger partial charge in [0.2, 0.25) is 17.6 Å². The van der Waals surface area contributed by atoms with Gasteiger partial charge >= 0.3 is 11.9 Å². The third kappa shape index (κ3) is 19.8. The number of fused-ring (bicyclic) bond motifs is 2. The van der Waals surface area contributed by atoms with Crippen molar-refractivity contribution in [2.45, 2.75) is 192 Å². The summed E-state index contributed by atoms with van der Waals surface area (Å²) in [5.41, 5.74) is 6.95. The number of nitrogens with zero attached hydrogens (tertiary/aromatic N) is 12. The maximum atomic E-state index is 12.9. The SMILES string of the molecule is CCCCCCN(CCCC(=O)O)c1ccc(N=C2C(C(C)(C)C)=Nn3nc(C(C)(C)C)nc32)c(C)c1.CCCCOc1ccc(OC(C)C(=O)NCC(C)c2nc3n(n2)N=C(C(C)(C)C)C3=Nc2ccc(N(CC)CCCC(=O)O)cc2NC(C)=O)cc1. The second kappa shape index (κ2) is 31.2. The van der Waals surface area contributed by atoms with Gasteiger partial charge in [0, 0.05) is 86.0 Å². The zero-order valence-electron chi connectivity index (χ0n) is 55.5. The molecule has 5 aromatic rings. The van der Waals surface area contributed by atoms with Crippen molar-refractivity contribution < 1.29 is 38.9 Å². The summed E-state index contributed by atoms with van der Waals surface area (Å²) in [5.74, 6) is 1.35. The van der Waals surface area contributed by atoms with Crippen LogP contribution in [0.1, 0.15) is 203 Å². The van der Waals surface area contributed by atoms with Crippen molar-refractivity contribution >= 4 is 75.0 Å². The maximum Gasteiger partial charge on any atom is 0.303 e. The number of benzene rings is 3. The van der Waals surface area contributed by atoms with E-state index in [1.807, 2.05) is 65.0 Å². The van der Waals surface area contributed by atoms with Crippen LogP contribution in [0.2, 0.25) is 0 Å². The number of amides is 2. The first-order chi connectivity index (χ1) is 42.0. The van der Waals surface area contributed by atoms with Crippen LogP contribution >= 0.6 is 0 Å². The predicted octanol–water partition coefficient (Wildman–Crippen LogP) is 12.7. The molecule has 2 aliphatic heterocycles. The number of anilines is 3. The highest BCUT2D eigenvalue weighted by Crippen LogP contribution is 2.35. The number of carbonyl (C=O) groups is 4. The number of ether oxygens (including phenoxy) is 2. The standard InChI is InChI=1S/C38H52N8O6.C29H44N6O2/c1-9-11-21-51-28-15-17-29(18-16-28)52-25(4)37(50)39-23-24(3)35-42-36-33(34(38(6,7)8)43-46(36)44-35)41-30-19-14-27(22-31(30)40-26(5)47)45(10-2)20-12-13-32(48)49;1-9-10-11-12-17-34(18-13-14-23(36)37)21-15-16-22(20(2)19-21)30-24-25(28(3,4)5)32-35-26(24)31-27(33-35)29(6,7)8/h14-19,22,24-25H,9-13,20-21,23H2,1-8H3,(H,39,50)(H,40,47)(H,48,49);15-16,19H,9-14,17-18H2,1-8H3,(H,36,37). The molecule has 0 saturated heterocycles. The summed E-state index contributed by atoms with van der Waals surface area (Å²) in [6.07, 6.45) is 7.39. The first-order valence-electron chi connectivity index (χ1n) is 31.5. The van der Waals surface area contributed by atoms with Crippen LogP contribution in [0.4, 0.5) is 28.4 Å². The molecule has 3 aromatic carbocycles. The van der Waals surface area contributed by atoms with Crippen LogP contribution in [0, 0.1) is 17.8 Å². The van der Waals surface area contributed by atoms with Gasteiger partial charge in [0.15, 0.2) is 17.8 Å². The molecule has 482 valence electrons. The van der Waals surface area contributed by atoms with Crippen molar-refractivity contribution in [3.05, 3.63) is 89.5 Å². The van der Waals surface area contributed by atoms with E-state index in [-0.39, 0.29) is 47.9 Å². The van der Waals surface area contributed by atoms with Gasteiger partial charge in [-0.1, -0.05) is 109 Å². The maximum absolute atomic E-state index is 12.9. The molecule has 89 heavy (non-hydrogen) atoms. The van der Waals surface area contributed by atoms with E-state index in [9.17, 15) is 19.2 Å². The molecule has 7 rings (SSSR count). The Morgan fingerprint density at radius 3 is 1.73 bits per heavy atom. The molecule has 0 saturated carbocycles. The van der Waals surface area contributed by atoms with E-state index >= 15 is 0 Å². The Kier molecular flexibility index (Phi) is 24.5. The van der Waals surface area contributed by atoms with Crippen LogP contribution in [0.3, 0.4) is 0 Å². The molecular formula is C67H96N14O8. The Morgan fingerprint density at radius 2 is 1.18 bits per heavy atom. The quantitative estimate of drug-likeness (QED) is 0.0324. The van der Waals surface area contributed by atoms with Gasteiger partial charge in [-0.3, -0.25) is 19.2 Å². The molecular weight excluding hydrogens is 1130 g/mol. The van der Waals surface area contributed by atoms with Gasteiger partial charge in [-0.05, 0) is 113 Å². The fourth-order valence-electron chi connectivity index (χ4n) is 9.72. The number of aliphatic imine (C=N–C) groups is 2. The smallest absolute Gasteiger partial charge is 0.303 e. The van der Waals surface area contributed by atoms with Crippen molar-refractivity contribution in [3.63, 3.8) is 0 Å². The molecule has 2 amide bonds. The molecule has 2 atom stereocenters. The zero-order chi connectivity index (χ0) is 65.4. The molecule has 4 heterocycles. The summed E-state index contributed by atoms with van der Waals surface area (Å²) in [5, 5.41) is 42.9. The van der Waals surface area contributed by atoms with Crippen molar-refractivity contribution in [2.24, 2.45) is 31.0 Å². The lowest BCUT2D eigenvalue weighted by Crippen LogP contribution is -2.38. The highest BCUT2D eigenvalue weighted by Gasteiger charge is 2.38. The highest BCUT2D eigenvalue weighted by atomic mass is 16.5. The average Bonchev–Trinajstić information content (AvgIpc) is 1.67. The summed E-state index contributed by atoms with van der Waals surface area (Å²) in [6, 6.07) is 19.1. The second-order valence-electron chi connectivity index (χ2n) is 26.0. The number of aromatic nitrogens is 6.